The number of hydrogen-bond acceptors (Lipinski definition) is 2. The van der Waals surface area contributed by atoms with E-state index in [0.29, 0.717) is 0 Å². The van der Waals surface area contributed by atoms with Crippen LogP contribution in [0.4, 0.5) is 30.7 Å². The van der Waals surface area contributed by atoms with Crippen molar-refractivity contribution in [3.63, 3.8) is 0 Å². The topological polar surface area (TPSA) is 44.0 Å². The normalized spacial score (nSPS) is 14.6. The molecule has 1 rings (SSSR count). The van der Waals surface area contributed by atoms with Gasteiger partial charge in [-0.3, -0.25) is 0 Å². The molecule has 0 spiro atoms. The number of aliphatic hydroxyl groups is 1. The van der Waals surface area contributed by atoms with Crippen molar-refractivity contribution in [2.45, 2.75) is 30.5 Å². The molecule has 0 fully saturated rings. The summed E-state index contributed by atoms with van der Waals surface area (Å²) in [7, 11) is 0. The molecule has 0 aliphatic rings. The zero-order chi connectivity index (χ0) is 16.5. The van der Waals surface area contributed by atoms with Gasteiger partial charge in [-0.05, 0) is 17.7 Å². The van der Waals surface area contributed by atoms with Crippen molar-refractivity contribution in [2.75, 3.05) is 0 Å². The molecule has 0 bridgehead atoms. The smallest absolute Gasteiger partial charge is 0.388 e. The Morgan fingerprint density at radius 1 is 1.00 bits per heavy atom. The number of hydrogen-bond donors (Lipinski definition) is 1. The minimum Gasteiger partial charge on any atom is -0.388 e. The van der Waals surface area contributed by atoms with E-state index in [1.54, 1.807) is 6.07 Å². The molecule has 116 valence electrons. The van der Waals surface area contributed by atoms with Crippen molar-refractivity contribution in [1.29, 1.82) is 5.26 Å². The van der Waals surface area contributed by atoms with Crippen LogP contribution < -0.4 is 0 Å². The second kappa shape index (κ2) is 5.52. The van der Waals surface area contributed by atoms with E-state index >= 15 is 0 Å². The van der Waals surface area contributed by atoms with Crippen molar-refractivity contribution in [3.05, 3.63) is 35.4 Å². The van der Waals surface area contributed by atoms with E-state index in [-0.39, 0.29) is 11.1 Å². The molecule has 0 amide bonds. The van der Waals surface area contributed by atoms with Gasteiger partial charge >= 0.3 is 18.0 Å². The summed E-state index contributed by atoms with van der Waals surface area (Å²) in [6.45, 7) is 0. The quantitative estimate of drug-likeness (QED) is 0.859. The van der Waals surface area contributed by atoms with Gasteiger partial charge in [0.25, 0.3) is 0 Å². The fourth-order valence-electron chi connectivity index (χ4n) is 1.48. The van der Waals surface area contributed by atoms with Gasteiger partial charge in [0.05, 0.1) is 17.7 Å². The van der Waals surface area contributed by atoms with Crippen LogP contribution in [0.3, 0.4) is 0 Å². The Morgan fingerprint density at radius 2 is 1.48 bits per heavy atom. The van der Waals surface area contributed by atoms with Crippen molar-refractivity contribution in [2.24, 2.45) is 0 Å². The Hall–Kier alpha value is -1.82. The highest BCUT2D eigenvalue weighted by Crippen LogP contribution is 2.49. The predicted octanol–water partition coefficient (Wildman–Crippen LogP) is 3.81. The van der Waals surface area contributed by atoms with Gasteiger partial charge in [0, 0.05) is 6.42 Å². The van der Waals surface area contributed by atoms with Crippen LogP contribution in [0.5, 0.6) is 0 Å². The van der Waals surface area contributed by atoms with Crippen molar-refractivity contribution in [3.8, 4) is 6.07 Å². The SMILES string of the molecule is N#Cc1ccc(C(O)CC(F)(F)C(F)(F)C(F)(F)F)cc1. The summed E-state index contributed by atoms with van der Waals surface area (Å²) >= 11 is 0. The number of halogens is 7. The van der Waals surface area contributed by atoms with Crippen LogP contribution in [-0.2, 0) is 0 Å². The summed E-state index contributed by atoms with van der Waals surface area (Å²) in [4.78, 5) is 0. The summed E-state index contributed by atoms with van der Waals surface area (Å²) in [5.41, 5.74) is -0.190. The Labute approximate surface area is 114 Å². The Kier molecular flexibility index (Phi) is 4.53. The Bertz CT molecular complexity index is 530. The van der Waals surface area contributed by atoms with Crippen molar-refractivity contribution >= 4 is 0 Å². The van der Waals surface area contributed by atoms with Gasteiger partial charge < -0.3 is 5.11 Å². The predicted molar refractivity (Wildman–Crippen MR) is 56.7 cm³/mol. The van der Waals surface area contributed by atoms with E-state index in [1.165, 1.54) is 0 Å². The van der Waals surface area contributed by atoms with Crippen LogP contribution in [0.1, 0.15) is 23.7 Å². The molecule has 0 radical (unpaired) electrons. The molecule has 0 heterocycles. The lowest BCUT2D eigenvalue weighted by Gasteiger charge is -2.29. The molecule has 1 N–H and O–H groups in total. The zero-order valence-corrected chi connectivity index (χ0v) is 10.1. The Morgan fingerprint density at radius 3 is 1.86 bits per heavy atom. The lowest BCUT2D eigenvalue weighted by molar-refractivity contribution is -0.358. The van der Waals surface area contributed by atoms with Crippen LogP contribution in [0.15, 0.2) is 24.3 Å². The number of nitriles is 1. The Balaban J connectivity index is 2.95. The molecular formula is C12H8F7NO. The van der Waals surface area contributed by atoms with E-state index < -0.39 is 30.5 Å². The minimum absolute atomic E-state index is 0.110. The fourth-order valence-corrected chi connectivity index (χ4v) is 1.48. The summed E-state index contributed by atoms with van der Waals surface area (Å²) in [5.74, 6) is -11.7. The van der Waals surface area contributed by atoms with Crippen LogP contribution >= 0.6 is 0 Å². The number of nitrogens with zero attached hydrogens (tertiary/aromatic N) is 1. The molecule has 1 aromatic rings. The second-order valence-electron chi connectivity index (χ2n) is 4.23. The highest BCUT2D eigenvalue weighted by Gasteiger charge is 2.72. The first-order valence-electron chi connectivity index (χ1n) is 5.43. The standard InChI is InChI=1S/C12H8F7NO/c13-10(14,11(15,16)12(17,18)19)5-9(21)8-3-1-7(6-20)2-4-8/h1-4,9,21H,5H2. The zero-order valence-electron chi connectivity index (χ0n) is 10.1. The number of benzene rings is 1. The van der Waals surface area contributed by atoms with Crippen molar-refractivity contribution in [1.82, 2.24) is 0 Å². The largest absolute Gasteiger partial charge is 0.459 e. The van der Waals surface area contributed by atoms with E-state index in [2.05, 4.69) is 0 Å². The van der Waals surface area contributed by atoms with Crippen LogP contribution in [0.2, 0.25) is 0 Å². The van der Waals surface area contributed by atoms with Gasteiger partial charge in [-0.25, -0.2) is 0 Å². The molecule has 21 heavy (non-hydrogen) atoms. The average molecular weight is 315 g/mol. The molecule has 2 nitrogen and oxygen atoms in total. The average Bonchev–Trinajstić information content (AvgIpc) is 2.36. The second-order valence-corrected chi connectivity index (χ2v) is 4.23. The fraction of sp³-hybridized carbons (Fsp3) is 0.417. The van der Waals surface area contributed by atoms with E-state index in [0.717, 1.165) is 24.3 Å². The first-order chi connectivity index (χ1) is 9.42. The third-order valence-corrected chi connectivity index (χ3v) is 2.69. The highest BCUT2D eigenvalue weighted by atomic mass is 19.4. The number of rotatable bonds is 4. The van der Waals surface area contributed by atoms with Crippen LogP contribution in [-0.4, -0.2) is 23.1 Å². The van der Waals surface area contributed by atoms with Crippen LogP contribution in [0, 0.1) is 11.3 Å². The minimum atomic E-state index is -6.43. The molecule has 1 unspecified atom stereocenters. The molecule has 0 saturated carbocycles. The summed E-state index contributed by atoms with van der Waals surface area (Å²) in [6, 6.07) is 5.89. The van der Waals surface area contributed by atoms with Gasteiger partial charge in [-0.1, -0.05) is 12.1 Å². The number of aliphatic hydroxyl groups excluding tert-OH is 1. The molecule has 1 atom stereocenters. The maximum atomic E-state index is 13.1. The molecular weight excluding hydrogens is 307 g/mol. The third-order valence-electron chi connectivity index (χ3n) is 2.69. The summed E-state index contributed by atoms with van der Waals surface area (Å²) < 4.78 is 87.3. The first-order valence-corrected chi connectivity index (χ1v) is 5.43. The third kappa shape index (κ3) is 3.44. The van der Waals surface area contributed by atoms with Crippen molar-refractivity contribution < 1.29 is 35.8 Å². The highest BCUT2D eigenvalue weighted by molar-refractivity contribution is 5.32. The lowest BCUT2D eigenvalue weighted by Crippen LogP contribution is -2.52. The van der Waals surface area contributed by atoms with Gasteiger partial charge in [-0.2, -0.15) is 36.0 Å². The maximum absolute atomic E-state index is 13.1. The van der Waals surface area contributed by atoms with Gasteiger partial charge in [0.1, 0.15) is 0 Å². The van der Waals surface area contributed by atoms with Crippen LogP contribution in [0.25, 0.3) is 0 Å². The monoisotopic (exact) mass is 315 g/mol. The first kappa shape index (κ1) is 17.2. The summed E-state index contributed by atoms with van der Waals surface area (Å²) in [5, 5.41) is 17.9. The van der Waals surface area contributed by atoms with E-state index in [1.807, 2.05) is 0 Å². The summed E-state index contributed by atoms with van der Waals surface area (Å²) in [6.07, 6.45) is -10.8. The lowest BCUT2D eigenvalue weighted by atomic mass is 9.98. The van der Waals surface area contributed by atoms with Gasteiger partial charge in [0.2, 0.25) is 0 Å². The maximum Gasteiger partial charge on any atom is 0.459 e. The molecule has 9 heteroatoms. The van der Waals surface area contributed by atoms with Gasteiger partial charge in [-0.15, -0.1) is 0 Å². The molecule has 0 aliphatic carbocycles. The molecule has 0 saturated heterocycles. The van der Waals surface area contributed by atoms with E-state index in [4.69, 9.17) is 5.26 Å². The number of alkyl halides is 7. The molecule has 0 aliphatic heterocycles. The van der Waals surface area contributed by atoms with E-state index in [9.17, 15) is 35.8 Å². The molecule has 0 aromatic heterocycles. The molecule has 1 aromatic carbocycles. The van der Waals surface area contributed by atoms with Gasteiger partial charge in [0.15, 0.2) is 0 Å².